The van der Waals surface area contributed by atoms with Gasteiger partial charge in [-0.25, -0.2) is 8.42 Å². The van der Waals surface area contributed by atoms with Gasteiger partial charge in [0, 0.05) is 5.56 Å². The maximum atomic E-state index is 11.4. The second kappa shape index (κ2) is 4.07. The number of aromatic nitrogens is 2. The van der Waals surface area contributed by atoms with Crippen LogP contribution in [0.15, 0.2) is 0 Å². The molecule has 0 unspecified atom stereocenters. The maximum absolute atomic E-state index is 11.4. The molecule has 1 aromatic rings. The monoisotopic (exact) mass is 267 g/mol. The summed E-state index contributed by atoms with van der Waals surface area (Å²) in [6, 6.07) is 2.15. The van der Waals surface area contributed by atoms with Crippen LogP contribution >= 0.6 is 0 Å². The largest absolute Gasteiger partial charge is 0.370 e. The van der Waals surface area contributed by atoms with Crippen LogP contribution in [0.1, 0.15) is 35.8 Å². The van der Waals surface area contributed by atoms with Gasteiger partial charge in [0.05, 0.1) is 36.5 Å². The summed E-state index contributed by atoms with van der Waals surface area (Å²) < 4.78 is 30.0. The molecule has 3 rings (SSSR count). The fourth-order valence-electron chi connectivity index (χ4n) is 2.57. The van der Waals surface area contributed by atoms with Gasteiger partial charge < -0.3 is 4.74 Å². The molecule has 18 heavy (non-hydrogen) atoms. The first-order valence-electron chi connectivity index (χ1n) is 5.89. The van der Waals surface area contributed by atoms with Crippen LogP contribution < -0.4 is 0 Å². The Bertz CT molecular complexity index is 613. The Balaban J connectivity index is 1.92. The highest BCUT2D eigenvalue weighted by Gasteiger charge is 2.30. The second-order valence-corrected chi connectivity index (χ2v) is 7.01. The second-order valence-electron chi connectivity index (χ2n) is 4.71. The maximum Gasteiger partial charge on any atom is 0.168 e. The smallest absolute Gasteiger partial charge is 0.168 e. The number of nitrogens with zero attached hydrogens (tertiary/aromatic N) is 3. The molecule has 6 nitrogen and oxygen atoms in total. The lowest BCUT2D eigenvalue weighted by atomic mass is 10.1. The summed E-state index contributed by atoms with van der Waals surface area (Å²) in [6.07, 6.45) is 1.14. The molecule has 0 saturated carbocycles. The number of hydrogen-bond donors (Lipinski definition) is 0. The van der Waals surface area contributed by atoms with Crippen molar-refractivity contribution in [2.24, 2.45) is 0 Å². The number of hydrogen-bond acceptors (Lipinski definition) is 5. The highest BCUT2D eigenvalue weighted by molar-refractivity contribution is 7.91. The Morgan fingerprint density at radius 3 is 2.72 bits per heavy atom. The Morgan fingerprint density at radius 2 is 2.06 bits per heavy atom. The first-order valence-corrected chi connectivity index (χ1v) is 7.71. The lowest BCUT2D eigenvalue weighted by Gasteiger charge is -2.23. The van der Waals surface area contributed by atoms with Gasteiger partial charge in [-0.05, 0) is 12.8 Å². The predicted molar refractivity (Wildman–Crippen MR) is 62.4 cm³/mol. The molecule has 1 fully saturated rings. The summed E-state index contributed by atoms with van der Waals surface area (Å²) in [7, 11) is -2.87. The number of sulfone groups is 1. The quantitative estimate of drug-likeness (QED) is 0.741. The molecule has 0 radical (unpaired) electrons. The van der Waals surface area contributed by atoms with Crippen molar-refractivity contribution in [2.75, 3.05) is 11.5 Å². The normalized spacial score (nSPS) is 22.6. The Hall–Kier alpha value is -1.39. The van der Waals surface area contributed by atoms with Crippen molar-refractivity contribution in [2.45, 2.75) is 32.1 Å². The Labute approximate surface area is 105 Å². The van der Waals surface area contributed by atoms with Gasteiger partial charge in [-0.3, -0.25) is 4.68 Å². The summed E-state index contributed by atoms with van der Waals surface area (Å²) in [5.41, 5.74) is 2.22. The van der Waals surface area contributed by atoms with Crippen molar-refractivity contribution >= 4 is 9.84 Å². The average Bonchev–Trinajstić information content (AvgIpc) is 2.90. The van der Waals surface area contributed by atoms with Gasteiger partial charge in [-0.1, -0.05) is 0 Å². The average molecular weight is 267 g/mol. The van der Waals surface area contributed by atoms with Gasteiger partial charge in [0.15, 0.2) is 5.69 Å². The van der Waals surface area contributed by atoms with Crippen LogP contribution in [0.2, 0.25) is 0 Å². The SMILES string of the molecule is N#Cc1nn(C2CCS(=O)(=O)CC2)c2c1COC2. The number of ether oxygens (including phenoxy) is 1. The Morgan fingerprint density at radius 1 is 1.33 bits per heavy atom. The van der Waals surface area contributed by atoms with Crippen LogP contribution in [-0.2, 0) is 27.8 Å². The van der Waals surface area contributed by atoms with Crippen LogP contribution in [0, 0.1) is 11.3 Å². The fourth-order valence-corrected chi connectivity index (χ4v) is 4.04. The zero-order chi connectivity index (χ0) is 12.8. The van der Waals surface area contributed by atoms with E-state index in [9.17, 15) is 8.42 Å². The third-order valence-corrected chi connectivity index (χ3v) is 5.30. The first-order chi connectivity index (χ1) is 8.61. The van der Waals surface area contributed by atoms with Gasteiger partial charge in [-0.15, -0.1) is 0 Å². The standard InChI is InChI=1S/C11H13N3O3S/c12-5-10-9-6-17-7-11(9)14(13-10)8-1-3-18(15,16)4-2-8/h8H,1-4,6-7H2. The van der Waals surface area contributed by atoms with E-state index in [2.05, 4.69) is 11.2 Å². The van der Waals surface area contributed by atoms with Gasteiger partial charge >= 0.3 is 0 Å². The van der Waals surface area contributed by atoms with Crippen molar-refractivity contribution in [3.05, 3.63) is 17.0 Å². The molecule has 0 N–H and O–H groups in total. The molecule has 0 atom stereocenters. The molecule has 96 valence electrons. The molecule has 0 spiro atoms. The number of fused-ring (bicyclic) bond motifs is 1. The summed E-state index contributed by atoms with van der Waals surface area (Å²) >= 11 is 0. The van der Waals surface area contributed by atoms with Gasteiger partial charge in [0.25, 0.3) is 0 Å². The first kappa shape index (κ1) is 11.7. The minimum atomic E-state index is -2.87. The van der Waals surface area contributed by atoms with E-state index in [1.165, 1.54) is 0 Å². The summed E-state index contributed by atoms with van der Waals surface area (Å²) in [6.45, 7) is 0.899. The minimum absolute atomic E-state index is 0.0751. The minimum Gasteiger partial charge on any atom is -0.370 e. The van der Waals surface area contributed by atoms with E-state index in [0.29, 0.717) is 31.7 Å². The molecule has 7 heteroatoms. The lowest BCUT2D eigenvalue weighted by molar-refractivity contribution is 0.127. The van der Waals surface area contributed by atoms with Crippen molar-refractivity contribution < 1.29 is 13.2 Å². The zero-order valence-electron chi connectivity index (χ0n) is 9.79. The van der Waals surface area contributed by atoms with E-state index in [-0.39, 0.29) is 17.5 Å². The van der Waals surface area contributed by atoms with E-state index in [1.807, 2.05) is 4.68 Å². The van der Waals surface area contributed by atoms with Crippen LogP contribution in [0.4, 0.5) is 0 Å². The van der Waals surface area contributed by atoms with Crippen molar-refractivity contribution in [1.82, 2.24) is 9.78 Å². The highest BCUT2D eigenvalue weighted by Crippen LogP contribution is 2.30. The third kappa shape index (κ3) is 1.82. The molecule has 0 bridgehead atoms. The van der Waals surface area contributed by atoms with E-state index in [0.717, 1.165) is 11.3 Å². The summed E-state index contributed by atoms with van der Waals surface area (Å²) in [5.74, 6) is 0.407. The van der Waals surface area contributed by atoms with E-state index in [1.54, 1.807) is 0 Å². The Kier molecular flexibility index (Phi) is 2.64. The lowest BCUT2D eigenvalue weighted by Crippen LogP contribution is -2.27. The summed E-state index contributed by atoms with van der Waals surface area (Å²) in [4.78, 5) is 0. The van der Waals surface area contributed by atoms with Crippen LogP contribution in [0.3, 0.4) is 0 Å². The molecule has 0 aromatic carbocycles. The molecule has 2 aliphatic heterocycles. The topological polar surface area (TPSA) is 85.0 Å². The molecule has 3 heterocycles. The molecule has 0 aliphatic carbocycles. The van der Waals surface area contributed by atoms with E-state index in [4.69, 9.17) is 10.00 Å². The summed E-state index contributed by atoms with van der Waals surface area (Å²) in [5, 5.41) is 13.3. The zero-order valence-corrected chi connectivity index (χ0v) is 10.6. The van der Waals surface area contributed by atoms with Crippen molar-refractivity contribution in [3.63, 3.8) is 0 Å². The highest BCUT2D eigenvalue weighted by atomic mass is 32.2. The molecule has 1 aromatic heterocycles. The van der Waals surface area contributed by atoms with Crippen molar-refractivity contribution in [3.8, 4) is 6.07 Å². The number of nitriles is 1. The van der Waals surface area contributed by atoms with E-state index >= 15 is 0 Å². The van der Waals surface area contributed by atoms with Gasteiger partial charge in [0.2, 0.25) is 0 Å². The van der Waals surface area contributed by atoms with Gasteiger partial charge in [-0.2, -0.15) is 10.4 Å². The van der Waals surface area contributed by atoms with Gasteiger partial charge in [0.1, 0.15) is 15.9 Å². The predicted octanol–water partition coefficient (Wildman–Crippen LogP) is 0.535. The molecular weight excluding hydrogens is 254 g/mol. The molecular formula is C11H13N3O3S. The molecule has 0 amide bonds. The number of rotatable bonds is 1. The van der Waals surface area contributed by atoms with Crippen molar-refractivity contribution in [1.29, 1.82) is 5.26 Å². The molecule has 1 saturated heterocycles. The van der Waals surface area contributed by atoms with Crippen LogP contribution in [-0.4, -0.2) is 29.7 Å². The van der Waals surface area contributed by atoms with E-state index < -0.39 is 9.84 Å². The fraction of sp³-hybridized carbons (Fsp3) is 0.636. The van der Waals surface area contributed by atoms with Crippen LogP contribution in [0.25, 0.3) is 0 Å². The molecule has 2 aliphatic rings. The van der Waals surface area contributed by atoms with Crippen LogP contribution in [0.5, 0.6) is 0 Å². The third-order valence-electron chi connectivity index (χ3n) is 3.58.